The Hall–Kier alpha value is -2.93. The van der Waals surface area contributed by atoms with E-state index in [1.807, 2.05) is 55.5 Å². The van der Waals surface area contributed by atoms with Gasteiger partial charge in [-0.15, -0.1) is 0 Å². The first-order valence-corrected chi connectivity index (χ1v) is 10.5. The standard InChI is InChI=1S/C22H24N2O4S/c1-3-27-17-11-8-12-18-21(17)24(15-20(26)28-4-2)22(29-18)23-19(25)14-13-16-9-6-5-7-10-16/h5-12H,3-4,13-15H2,1-2H3. The van der Waals surface area contributed by atoms with Crippen LogP contribution in [0.5, 0.6) is 5.75 Å². The highest BCUT2D eigenvalue weighted by molar-refractivity contribution is 7.16. The predicted molar refractivity (Wildman–Crippen MR) is 113 cm³/mol. The SMILES string of the molecule is CCOC(=O)Cn1c(=NC(=O)CCc2ccccc2)sc2cccc(OCC)c21. The third-order valence-electron chi connectivity index (χ3n) is 4.25. The quantitative estimate of drug-likeness (QED) is 0.529. The number of rotatable bonds is 8. The van der Waals surface area contributed by atoms with E-state index in [1.165, 1.54) is 11.3 Å². The number of benzene rings is 2. The highest BCUT2D eigenvalue weighted by atomic mass is 32.1. The number of carbonyl (C=O) groups is 2. The fourth-order valence-corrected chi connectivity index (χ4v) is 4.06. The summed E-state index contributed by atoms with van der Waals surface area (Å²) < 4.78 is 13.4. The second-order valence-electron chi connectivity index (χ2n) is 6.30. The molecule has 0 N–H and O–H groups in total. The molecule has 0 aliphatic carbocycles. The average Bonchev–Trinajstić information content (AvgIpc) is 3.05. The van der Waals surface area contributed by atoms with E-state index < -0.39 is 0 Å². The largest absolute Gasteiger partial charge is 0.492 e. The van der Waals surface area contributed by atoms with E-state index in [9.17, 15) is 9.59 Å². The number of thiazole rings is 1. The van der Waals surface area contributed by atoms with E-state index in [0.29, 0.717) is 36.6 Å². The number of hydrogen-bond acceptors (Lipinski definition) is 5. The third kappa shape index (κ3) is 5.32. The van der Waals surface area contributed by atoms with Gasteiger partial charge in [-0.3, -0.25) is 9.59 Å². The maximum Gasteiger partial charge on any atom is 0.326 e. The van der Waals surface area contributed by atoms with Crippen LogP contribution in [0.4, 0.5) is 0 Å². The van der Waals surface area contributed by atoms with E-state index in [1.54, 1.807) is 11.5 Å². The lowest BCUT2D eigenvalue weighted by Gasteiger charge is -2.09. The van der Waals surface area contributed by atoms with Crippen LogP contribution in [0.3, 0.4) is 0 Å². The minimum absolute atomic E-state index is 0.0251. The zero-order valence-electron chi connectivity index (χ0n) is 16.6. The summed E-state index contributed by atoms with van der Waals surface area (Å²) in [4.78, 5) is 29.5. The number of aryl methyl sites for hydroxylation is 1. The summed E-state index contributed by atoms with van der Waals surface area (Å²) in [5.41, 5.74) is 1.84. The van der Waals surface area contributed by atoms with Crippen LogP contribution in [0, 0.1) is 0 Å². The summed E-state index contributed by atoms with van der Waals surface area (Å²) in [6.07, 6.45) is 0.923. The second kappa shape index (κ2) is 10.0. The van der Waals surface area contributed by atoms with Crippen molar-refractivity contribution >= 4 is 33.4 Å². The monoisotopic (exact) mass is 412 g/mol. The van der Waals surface area contributed by atoms with Gasteiger partial charge >= 0.3 is 5.97 Å². The minimum atomic E-state index is -0.378. The lowest BCUT2D eigenvalue weighted by atomic mass is 10.1. The van der Waals surface area contributed by atoms with E-state index in [0.717, 1.165) is 15.8 Å². The van der Waals surface area contributed by atoms with Crippen LogP contribution in [0.2, 0.25) is 0 Å². The third-order valence-corrected chi connectivity index (χ3v) is 5.29. The molecule has 3 rings (SSSR count). The Labute approximate surface area is 173 Å². The van der Waals surface area contributed by atoms with Crippen LogP contribution in [0.25, 0.3) is 10.2 Å². The van der Waals surface area contributed by atoms with Gasteiger partial charge in [-0.25, -0.2) is 0 Å². The molecule has 1 aromatic heterocycles. The van der Waals surface area contributed by atoms with E-state index in [4.69, 9.17) is 9.47 Å². The Morgan fingerprint density at radius 2 is 1.83 bits per heavy atom. The Kier molecular flexibility index (Phi) is 7.19. The summed E-state index contributed by atoms with van der Waals surface area (Å²) >= 11 is 1.36. The normalized spacial score (nSPS) is 11.6. The van der Waals surface area contributed by atoms with Crippen LogP contribution in [0.1, 0.15) is 25.8 Å². The summed E-state index contributed by atoms with van der Waals surface area (Å²) in [6, 6.07) is 15.5. The number of esters is 1. The summed E-state index contributed by atoms with van der Waals surface area (Å²) in [7, 11) is 0. The number of ether oxygens (including phenoxy) is 2. The highest BCUT2D eigenvalue weighted by Gasteiger charge is 2.16. The van der Waals surface area contributed by atoms with Crippen LogP contribution in [-0.2, 0) is 27.3 Å². The first-order chi connectivity index (χ1) is 14.1. The topological polar surface area (TPSA) is 69.9 Å². The van der Waals surface area contributed by atoms with E-state index >= 15 is 0 Å². The molecule has 0 atom stereocenters. The van der Waals surface area contributed by atoms with Crippen molar-refractivity contribution in [1.29, 1.82) is 0 Å². The zero-order valence-corrected chi connectivity index (χ0v) is 17.4. The number of fused-ring (bicyclic) bond motifs is 1. The number of amides is 1. The molecule has 152 valence electrons. The summed E-state index contributed by atoms with van der Waals surface area (Å²) in [5.74, 6) is 0.0522. The van der Waals surface area contributed by atoms with Crippen molar-refractivity contribution in [2.75, 3.05) is 13.2 Å². The molecule has 6 nitrogen and oxygen atoms in total. The lowest BCUT2D eigenvalue weighted by molar-refractivity contribution is -0.143. The number of aromatic nitrogens is 1. The minimum Gasteiger partial charge on any atom is -0.492 e. The van der Waals surface area contributed by atoms with Crippen LogP contribution < -0.4 is 9.54 Å². The molecule has 1 amide bonds. The molecule has 0 unspecified atom stereocenters. The Bertz CT molecular complexity index is 1050. The molecule has 7 heteroatoms. The molecule has 0 aliphatic rings. The maximum absolute atomic E-state index is 12.5. The van der Waals surface area contributed by atoms with Crippen molar-refractivity contribution in [1.82, 2.24) is 4.57 Å². The fourth-order valence-electron chi connectivity index (χ4n) is 3.00. The molecule has 0 saturated heterocycles. The molecule has 29 heavy (non-hydrogen) atoms. The first kappa shape index (κ1) is 20.8. The summed E-state index contributed by atoms with van der Waals surface area (Å²) in [5, 5.41) is 0. The van der Waals surface area contributed by atoms with Crippen LogP contribution in [-0.4, -0.2) is 29.7 Å². The molecule has 0 fully saturated rings. The van der Waals surface area contributed by atoms with Gasteiger partial charge in [0.2, 0.25) is 5.91 Å². The van der Waals surface area contributed by atoms with Gasteiger partial charge in [0.05, 0.1) is 17.9 Å². The van der Waals surface area contributed by atoms with Gasteiger partial charge in [-0.2, -0.15) is 4.99 Å². The van der Waals surface area contributed by atoms with Crippen molar-refractivity contribution < 1.29 is 19.1 Å². The molecule has 0 bridgehead atoms. The van der Waals surface area contributed by atoms with Crippen molar-refractivity contribution in [3.8, 4) is 5.75 Å². The van der Waals surface area contributed by atoms with Crippen molar-refractivity contribution in [3.63, 3.8) is 0 Å². The van der Waals surface area contributed by atoms with Gasteiger partial charge in [0.15, 0.2) is 4.80 Å². The molecule has 0 saturated carbocycles. The molecular formula is C22H24N2O4S. The number of hydrogen-bond donors (Lipinski definition) is 0. The molecule has 1 heterocycles. The molecule has 2 aromatic carbocycles. The molecule has 3 aromatic rings. The zero-order chi connectivity index (χ0) is 20.6. The predicted octanol–water partition coefficient (Wildman–Crippen LogP) is 3.72. The van der Waals surface area contributed by atoms with Crippen LogP contribution in [0.15, 0.2) is 53.5 Å². The van der Waals surface area contributed by atoms with Gasteiger partial charge in [0.25, 0.3) is 0 Å². The van der Waals surface area contributed by atoms with Gasteiger partial charge in [0, 0.05) is 6.42 Å². The Morgan fingerprint density at radius 1 is 1.03 bits per heavy atom. The lowest BCUT2D eigenvalue weighted by Crippen LogP contribution is -2.23. The van der Waals surface area contributed by atoms with Crippen molar-refractivity contribution in [2.45, 2.75) is 33.2 Å². The Morgan fingerprint density at radius 3 is 2.55 bits per heavy atom. The first-order valence-electron chi connectivity index (χ1n) is 9.64. The summed E-state index contributed by atoms with van der Waals surface area (Å²) in [6.45, 7) is 4.43. The van der Waals surface area contributed by atoms with Gasteiger partial charge < -0.3 is 14.0 Å². The molecule has 0 spiro atoms. The number of para-hydroxylation sites is 1. The molecule has 0 aliphatic heterocycles. The van der Waals surface area contributed by atoms with Gasteiger partial charge in [0.1, 0.15) is 17.8 Å². The fraction of sp³-hybridized carbons (Fsp3) is 0.318. The van der Waals surface area contributed by atoms with Crippen molar-refractivity contribution in [3.05, 3.63) is 58.9 Å². The van der Waals surface area contributed by atoms with Gasteiger partial charge in [-0.05, 0) is 38.0 Å². The Balaban J connectivity index is 1.96. The highest BCUT2D eigenvalue weighted by Crippen LogP contribution is 2.27. The van der Waals surface area contributed by atoms with Crippen molar-refractivity contribution in [2.24, 2.45) is 4.99 Å². The maximum atomic E-state index is 12.5. The van der Waals surface area contributed by atoms with Crippen LogP contribution >= 0.6 is 11.3 Å². The van der Waals surface area contributed by atoms with Gasteiger partial charge in [-0.1, -0.05) is 47.7 Å². The number of carbonyl (C=O) groups excluding carboxylic acids is 2. The number of nitrogens with zero attached hydrogens (tertiary/aromatic N) is 2. The molecule has 0 radical (unpaired) electrons. The molecular weight excluding hydrogens is 388 g/mol. The van der Waals surface area contributed by atoms with E-state index in [2.05, 4.69) is 4.99 Å². The smallest absolute Gasteiger partial charge is 0.326 e. The van der Waals surface area contributed by atoms with E-state index in [-0.39, 0.29) is 18.4 Å². The second-order valence-corrected chi connectivity index (χ2v) is 7.31. The average molecular weight is 413 g/mol.